The molecule has 1 heteroatoms. The molecule has 0 aromatic heterocycles. The summed E-state index contributed by atoms with van der Waals surface area (Å²) in [7, 11) is 0. The minimum atomic E-state index is 0.816. The predicted octanol–water partition coefficient (Wildman–Crippen LogP) is 3.06. The zero-order valence-electron chi connectivity index (χ0n) is 9.47. The highest BCUT2D eigenvalue weighted by Crippen LogP contribution is 2.23. The lowest BCUT2D eigenvalue weighted by atomic mass is 9.98. The fourth-order valence-electron chi connectivity index (χ4n) is 1.97. The molecular weight excluding hydrogens is 158 g/mol. The summed E-state index contributed by atoms with van der Waals surface area (Å²) in [6.45, 7) is 9.42. The number of nitrogens with one attached hydrogen (secondary N) is 1. The van der Waals surface area contributed by atoms with Gasteiger partial charge in [-0.2, -0.15) is 0 Å². The summed E-state index contributed by atoms with van der Waals surface area (Å²) in [6.07, 6.45) is 5.85. The second-order valence-corrected chi connectivity index (χ2v) is 5.03. The third kappa shape index (κ3) is 4.12. The van der Waals surface area contributed by atoms with E-state index in [-0.39, 0.29) is 0 Å². The lowest BCUT2D eigenvalue weighted by molar-refractivity contribution is 0.374. The SMILES string of the molecule is CC(C)C(C)CNCC1CCCC1. The quantitative estimate of drug-likeness (QED) is 0.691. The zero-order chi connectivity index (χ0) is 9.68. The smallest absolute Gasteiger partial charge is 0.00204 e. The maximum Gasteiger partial charge on any atom is -0.00204 e. The molecule has 0 aliphatic heterocycles. The first-order valence-corrected chi connectivity index (χ1v) is 5.91. The van der Waals surface area contributed by atoms with Crippen molar-refractivity contribution in [3.63, 3.8) is 0 Å². The Kier molecular flexibility index (Phi) is 4.79. The topological polar surface area (TPSA) is 12.0 Å². The Bertz CT molecular complexity index is 123. The van der Waals surface area contributed by atoms with Crippen LogP contribution in [0.1, 0.15) is 46.5 Å². The van der Waals surface area contributed by atoms with Crippen LogP contribution in [0.2, 0.25) is 0 Å². The van der Waals surface area contributed by atoms with Gasteiger partial charge >= 0.3 is 0 Å². The second kappa shape index (κ2) is 5.64. The van der Waals surface area contributed by atoms with E-state index in [0.717, 1.165) is 17.8 Å². The molecule has 0 saturated heterocycles. The number of rotatable bonds is 5. The standard InChI is InChI=1S/C12H25N/c1-10(2)11(3)8-13-9-12-6-4-5-7-12/h10-13H,4-9H2,1-3H3. The van der Waals surface area contributed by atoms with Crippen molar-refractivity contribution in [2.24, 2.45) is 17.8 Å². The highest BCUT2D eigenvalue weighted by atomic mass is 14.9. The van der Waals surface area contributed by atoms with Crippen molar-refractivity contribution in [3.8, 4) is 0 Å². The van der Waals surface area contributed by atoms with Gasteiger partial charge in [0.2, 0.25) is 0 Å². The van der Waals surface area contributed by atoms with E-state index in [4.69, 9.17) is 0 Å². The molecule has 0 radical (unpaired) electrons. The van der Waals surface area contributed by atoms with Crippen LogP contribution in [0.25, 0.3) is 0 Å². The molecule has 0 spiro atoms. The Hall–Kier alpha value is -0.0400. The van der Waals surface area contributed by atoms with E-state index >= 15 is 0 Å². The van der Waals surface area contributed by atoms with Gasteiger partial charge < -0.3 is 5.32 Å². The molecule has 1 rings (SSSR count). The molecule has 1 saturated carbocycles. The molecule has 78 valence electrons. The third-order valence-corrected chi connectivity index (χ3v) is 3.51. The van der Waals surface area contributed by atoms with Crippen LogP contribution in [-0.4, -0.2) is 13.1 Å². The summed E-state index contributed by atoms with van der Waals surface area (Å²) in [5.74, 6) is 2.62. The fraction of sp³-hybridized carbons (Fsp3) is 1.00. The molecule has 1 aliphatic rings. The van der Waals surface area contributed by atoms with Gasteiger partial charge in [0.15, 0.2) is 0 Å². The highest BCUT2D eigenvalue weighted by Gasteiger charge is 2.14. The van der Waals surface area contributed by atoms with Crippen LogP contribution in [0, 0.1) is 17.8 Å². The van der Waals surface area contributed by atoms with Crippen LogP contribution in [0.5, 0.6) is 0 Å². The van der Waals surface area contributed by atoms with Crippen molar-refractivity contribution >= 4 is 0 Å². The van der Waals surface area contributed by atoms with Crippen LogP contribution < -0.4 is 5.32 Å². The van der Waals surface area contributed by atoms with Crippen molar-refractivity contribution in [1.29, 1.82) is 0 Å². The van der Waals surface area contributed by atoms with Gasteiger partial charge in [0.25, 0.3) is 0 Å². The summed E-state index contributed by atoms with van der Waals surface area (Å²) in [4.78, 5) is 0. The van der Waals surface area contributed by atoms with Crippen LogP contribution >= 0.6 is 0 Å². The number of hydrogen-bond acceptors (Lipinski definition) is 1. The maximum absolute atomic E-state index is 3.61. The van der Waals surface area contributed by atoms with E-state index < -0.39 is 0 Å². The summed E-state index contributed by atoms with van der Waals surface area (Å²) in [5.41, 5.74) is 0. The van der Waals surface area contributed by atoms with Gasteiger partial charge in [0.05, 0.1) is 0 Å². The fourth-order valence-corrected chi connectivity index (χ4v) is 1.97. The molecule has 13 heavy (non-hydrogen) atoms. The Morgan fingerprint density at radius 1 is 1.15 bits per heavy atom. The summed E-state index contributed by atoms with van der Waals surface area (Å²) in [6, 6.07) is 0. The molecule has 0 bridgehead atoms. The molecule has 1 aliphatic carbocycles. The first-order chi connectivity index (χ1) is 6.20. The largest absolute Gasteiger partial charge is 0.316 e. The highest BCUT2D eigenvalue weighted by molar-refractivity contribution is 4.70. The average molecular weight is 183 g/mol. The first-order valence-electron chi connectivity index (χ1n) is 5.91. The van der Waals surface area contributed by atoms with E-state index in [1.54, 1.807) is 0 Å². The van der Waals surface area contributed by atoms with Crippen molar-refractivity contribution in [1.82, 2.24) is 5.32 Å². The van der Waals surface area contributed by atoms with E-state index in [1.165, 1.54) is 38.8 Å². The maximum atomic E-state index is 3.61. The van der Waals surface area contributed by atoms with Crippen molar-refractivity contribution in [3.05, 3.63) is 0 Å². The molecular formula is C12H25N. The van der Waals surface area contributed by atoms with Crippen molar-refractivity contribution < 1.29 is 0 Å². The molecule has 1 N–H and O–H groups in total. The van der Waals surface area contributed by atoms with Crippen molar-refractivity contribution in [2.75, 3.05) is 13.1 Å². The van der Waals surface area contributed by atoms with E-state index in [9.17, 15) is 0 Å². The Morgan fingerprint density at radius 2 is 1.77 bits per heavy atom. The van der Waals surface area contributed by atoms with Crippen molar-refractivity contribution in [2.45, 2.75) is 46.5 Å². The van der Waals surface area contributed by atoms with Gasteiger partial charge in [0.1, 0.15) is 0 Å². The van der Waals surface area contributed by atoms with Crippen LogP contribution in [0.4, 0.5) is 0 Å². The molecule has 1 unspecified atom stereocenters. The summed E-state index contributed by atoms with van der Waals surface area (Å²) in [5, 5.41) is 3.61. The molecule has 1 atom stereocenters. The summed E-state index contributed by atoms with van der Waals surface area (Å²) < 4.78 is 0. The Labute approximate surface area is 83.3 Å². The Balaban J connectivity index is 1.99. The lowest BCUT2D eigenvalue weighted by Crippen LogP contribution is -2.28. The van der Waals surface area contributed by atoms with Gasteiger partial charge in [-0.25, -0.2) is 0 Å². The van der Waals surface area contributed by atoms with Gasteiger partial charge in [0, 0.05) is 0 Å². The monoisotopic (exact) mass is 183 g/mol. The molecule has 0 aromatic carbocycles. The number of hydrogen-bond donors (Lipinski definition) is 1. The Morgan fingerprint density at radius 3 is 2.31 bits per heavy atom. The minimum Gasteiger partial charge on any atom is -0.316 e. The molecule has 0 aromatic rings. The van der Waals surface area contributed by atoms with E-state index in [1.807, 2.05) is 0 Å². The van der Waals surface area contributed by atoms with Gasteiger partial charge in [-0.05, 0) is 43.7 Å². The second-order valence-electron chi connectivity index (χ2n) is 5.03. The molecule has 1 nitrogen and oxygen atoms in total. The third-order valence-electron chi connectivity index (χ3n) is 3.51. The van der Waals surface area contributed by atoms with Crippen LogP contribution in [0.3, 0.4) is 0 Å². The van der Waals surface area contributed by atoms with Gasteiger partial charge in [-0.3, -0.25) is 0 Å². The molecule has 0 heterocycles. The van der Waals surface area contributed by atoms with Crippen LogP contribution in [0.15, 0.2) is 0 Å². The summed E-state index contributed by atoms with van der Waals surface area (Å²) >= 11 is 0. The first kappa shape index (κ1) is 11.0. The van der Waals surface area contributed by atoms with E-state index in [0.29, 0.717) is 0 Å². The lowest BCUT2D eigenvalue weighted by Gasteiger charge is -2.17. The minimum absolute atomic E-state index is 0.816. The predicted molar refractivity (Wildman–Crippen MR) is 58.8 cm³/mol. The van der Waals surface area contributed by atoms with Gasteiger partial charge in [-0.15, -0.1) is 0 Å². The molecule has 1 fully saturated rings. The normalized spacial score (nSPS) is 21.2. The van der Waals surface area contributed by atoms with E-state index in [2.05, 4.69) is 26.1 Å². The average Bonchev–Trinajstić information content (AvgIpc) is 2.56. The van der Waals surface area contributed by atoms with Gasteiger partial charge in [-0.1, -0.05) is 33.6 Å². The van der Waals surface area contributed by atoms with Crippen LogP contribution in [-0.2, 0) is 0 Å². The molecule has 0 amide bonds. The zero-order valence-corrected chi connectivity index (χ0v) is 9.47.